The zero-order chi connectivity index (χ0) is 21.2. The normalized spacial score (nSPS) is 20.0. The molecule has 0 amide bonds. The number of oxime groups is 1. The number of anilines is 2. The Balaban J connectivity index is 2.05. The van der Waals surface area contributed by atoms with E-state index in [0.717, 1.165) is 6.20 Å². The number of aromatic nitrogens is 1. The lowest BCUT2D eigenvalue weighted by molar-refractivity contribution is 0.0695. The monoisotopic (exact) mass is 406 g/mol. The van der Waals surface area contributed by atoms with Crippen molar-refractivity contribution in [3.05, 3.63) is 33.6 Å². The molecule has 1 saturated heterocycles. The Kier molecular flexibility index (Phi) is 4.07. The van der Waals surface area contributed by atoms with Crippen LogP contribution in [0.4, 0.5) is 20.2 Å². The maximum atomic E-state index is 15.7. The van der Waals surface area contributed by atoms with E-state index in [1.807, 2.05) is 0 Å². The van der Waals surface area contributed by atoms with E-state index in [2.05, 4.69) is 5.16 Å². The summed E-state index contributed by atoms with van der Waals surface area (Å²) in [6, 6.07) is -0.187. The zero-order valence-corrected chi connectivity index (χ0v) is 15.9. The number of rotatable bonds is 3. The standard InChI is InChI=1S/C19H20F2N4O4/c1-19(2)7-24(6-10(19)23-29)16-12(20)14(22)11-15(13(16)21)25(8-3-4-8)5-9(17(11)26)18(27)28/h5,8,29H,3-4,6-7,22H2,1-2H3,(H,27,28)/b23-10+. The van der Waals surface area contributed by atoms with Crippen molar-refractivity contribution in [3.63, 3.8) is 0 Å². The summed E-state index contributed by atoms with van der Waals surface area (Å²) in [6.45, 7) is 3.72. The molecule has 10 heteroatoms. The number of pyridine rings is 1. The molecule has 1 aliphatic heterocycles. The summed E-state index contributed by atoms with van der Waals surface area (Å²) in [4.78, 5) is 25.5. The van der Waals surface area contributed by atoms with Gasteiger partial charge in [0.25, 0.3) is 0 Å². The number of nitrogen functional groups attached to an aromatic ring is 1. The van der Waals surface area contributed by atoms with Crippen molar-refractivity contribution in [2.24, 2.45) is 10.6 Å². The molecule has 0 radical (unpaired) electrons. The van der Waals surface area contributed by atoms with E-state index in [4.69, 9.17) is 5.73 Å². The van der Waals surface area contributed by atoms with Gasteiger partial charge in [-0.15, -0.1) is 0 Å². The van der Waals surface area contributed by atoms with Crippen LogP contribution in [0, 0.1) is 17.0 Å². The van der Waals surface area contributed by atoms with E-state index in [0.29, 0.717) is 18.6 Å². The SMILES string of the molecule is CC1(C)CN(c2c(F)c(N)c3c(=O)c(C(=O)O)cn(C4CC4)c3c2F)C/C1=N\O. The highest BCUT2D eigenvalue weighted by Gasteiger charge is 2.40. The largest absolute Gasteiger partial charge is 0.477 e. The summed E-state index contributed by atoms with van der Waals surface area (Å²) in [5.41, 5.74) is 2.81. The summed E-state index contributed by atoms with van der Waals surface area (Å²) < 4.78 is 32.2. The molecule has 2 heterocycles. The first-order valence-corrected chi connectivity index (χ1v) is 9.13. The quantitative estimate of drug-likeness (QED) is 0.409. The van der Waals surface area contributed by atoms with Crippen molar-refractivity contribution in [1.82, 2.24) is 4.57 Å². The summed E-state index contributed by atoms with van der Waals surface area (Å²) in [5.74, 6) is -3.60. The van der Waals surface area contributed by atoms with Gasteiger partial charge in [-0.25, -0.2) is 13.6 Å². The zero-order valence-electron chi connectivity index (χ0n) is 15.9. The summed E-state index contributed by atoms with van der Waals surface area (Å²) in [6.07, 6.45) is 2.46. The third kappa shape index (κ3) is 2.73. The minimum atomic E-state index is -1.49. The number of carboxylic acids is 1. The number of hydrogen-bond donors (Lipinski definition) is 3. The fourth-order valence-corrected chi connectivity index (χ4v) is 3.97. The highest BCUT2D eigenvalue weighted by Crippen LogP contribution is 2.43. The molecule has 4 N–H and O–H groups in total. The molecule has 1 aliphatic carbocycles. The maximum absolute atomic E-state index is 15.7. The van der Waals surface area contributed by atoms with Crippen LogP contribution in [-0.4, -0.2) is 39.7 Å². The third-order valence-corrected chi connectivity index (χ3v) is 5.68. The van der Waals surface area contributed by atoms with Gasteiger partial charge in [-0.2, -0.15) is 0 Å². The van der Waals surface area contributed by atoms with E-state index < -0.39 is 50.8 Å². The van der Waals surface area contributed by atoms with E-state index >= 15 is 8.78 Å². The average molecular weight is 406 g/mol. The lowest BCUT2D eigenvalue weighted by Gasteiger charge is -2.24. The van der Waals surface area contributed by atoms with Crippen LogP contribution >= 0.6 is 0 Å². The lowest BCUT2D eigenvalue weighted by atomic mass is 9.91. The summed E-state index contributed by atoms with van der Waals surface area (Å²) in [5, 5.41) is 21.3. The molecule has 2 aliphatic rings. The number of aromatic carboxylic acids is 1. The first-order valence-electron chi connectivity index (χ1n) is 9.13. The number of fused-ring (bicyclic) bond motifs is 1. The van der Waals surface area contributed by atoms with Crippen molar-refractivity contribution in [2.45, 2.75) is 32.7 Å². The Hall–Kier alpha value is -3.17. The van der Waals surface area contributed by atoms with Crippen LogP contribution in [0.25, 0.3) is 10.9 Å². The second kappa shape index (κ2) is 6.16. The molecule has 1 aromatic heterocycles. The van der Waals surface area contributed by atoms with Crippen LogP contribution in [0.15, 0.2) is 16.1 Å². The van der Waals surface area contributed by atoms with Crippen molar-refractivity contribution in [3.8, 4) is 0 Å². The van der Waals surface area contributed by atoms with E-state index in [9.17, 15) is 19.9 Å². The predicted octanol–water partition coefficient (Wildman–Crippen LogP) is 2.57. The maximum Gasteiger partial charge on any atom is 0.341 e. The molecule has 0 atom stereocenters. The number of nitrogens with zero attached hydrogens (tertiary/aromatic N) is 3. The number of benzene rings is 1. The molecule has 29 heavy (non-hydrogen) atoms. The van der Waals surface area contributed by atoms with E-state index in [-0.39, 0.29) is 24.6 Å². The fraction of sp³-hybridized carbons (Fsp3) is 0.421. The Morgan fingerprint density at radius 2 is 1.97 bits per heavy atom. The summed E-state index contributed by atoms with van der Waals surface area (Å²) >= 11 is 0. The molecule has 8 nitrogen and oxygen atoms in total. The first-order chi connectivity index (χ1) is 13.6. The number of nitrogens with two attached hydrogens (primary N) is 1. The van der Waals surface area contributed by atoms with Gasteiger partial charge in [0.1, 0.15) is 11.3 Å². The van der Waals surface area contributed by atoms with Gasteiger partial charge in [-0.3, -0.25) is 4.79 Å². The number of hydrogen-bond acceptors (Lipinski definition) is 6. The van der Waals surface area contributed by atoms with Crippen LogP contribution in [0.2, 0.25) is 0 Å². The van der Waals surface area contributed by atoms with Gasteiger partial charge < -0.3 is 25.5 Å². The van der Waals surface area contributed by atoms with Gasteiger partial charge in [-0.1, -0.05) is 19.0 Å². The van der Waals surface area contributed by atoms with Crippen molar-refractivity contribution >= 4 is 34.0 Å². The molecule has 4 rings (SSSR count). The minimum Gasteiger partial charge on any atom is -0.477 e. The van der Waals surface area contributed by atoms with Crippen molar-refractivity contribution in [1.29, 1.82) is 0 Å². The molecule has 0 bridgehead atoms. The topological polar surface area (TPSA) is 121 Å². The van der Waals surface area contributed by atoms with Gasteiger partial charge in [0.2, 0.25) is 5.43 Å². The van der Waals surface area contributed by atoms with Gasteiger partial charge >= 0.3 is 5.97 Å². The minimum absolute atomic E-state index is 0.0108. The van der Waals surface area contributed by atoms with Crippen LogP contribution in [0.3, 0.4) is 0 Å². The van der Waals surface area contributed by atoms with Gasteiger partial charge in [0, 0.05) is 24.2 Å². The molecular weight excluding hydrogens is 386 g/mol. The second-order valence-corrected chi connectivity index (χ2v) is 8.22. The fourth-order valence-electron chi connectivity index (χ4n) is 3.97. The first kappa shape index (κ1) is 19.2. The predicted molar refractivity (Wildman–Crippen MR) is 103 cm³/mol. The highest BCUT2D eigenvalue weighted by atomic mass is 19.1. The molecule has 2 aromatic rings. The highest BCUT2D eigenvalue weighted by molar-refractivity contribution is 6.01. The Bertz CT molecular complexity index is 1150. The van der Waals surface area contributed by atoms with Gasteiger partial charge in [0.05, 0.1) is 28.8 Å². The van der Waals surface area contributed by atoms with E-state index in [1.54, 1.807) is 13.8 Å². The van der Waals surface area contributed by atoms with Gasteiger partial charge in [-0.05, 0) is 12.8 Å². The molecule has 1 saturated carbocycles. The van der Waals surface area contributed by atoms with Gasteiger partial charge in [0.15, 0.2) is 11.6 Å². The third-order valence-electron chi connectivity index (χ3n) is 5.68. The molecule has 1 aromatic carbocycles. The Morgan fingerprint density at radius 1 is 1.31 bits per heavy atom. The molecule has 0 spiro atoms. The summed E-state index contributed by atoms with van der Waals surface area (Å²) in [7, 11) is 0. The lowest BCUT2D eigenvalue weighted by Crippen LogP contribution is -2.27. The molecule has 0 unspecified atom stereocenters. The Labute approximate surface area is 163 Å². The molecule has 154 valence electrons. The van der Waals surface area contributed by atoms with Crippen molar-refractivity contribution < 1.29 is 23.9 Å². The molecular formula is C19H20F2N4O4. The Morgan fingerprint density at radius 3 is 2.48 bits per heavy atom. The number of halogens is 2. The average Bonchev–Trinajstić information content (AvgIpc) is 3.43. The van der Waals surface area contributed by atoms with Crippen LogP contribution in [-0.2, 0) is 0 Å². The van der Waals surface area contributed by atoms with Crippen LogP contribution in [0.1, 0.15) is 43.1 Å². The smallest absolute Gasteiger partial charge is 0.341 e. The van der Waals surface area contributed by atoms with Crippen LogP contribution in [0.5, 0.6) is 0 Å². The number of carbonyl (C=O) groups is 1. The van der Waals surface area contributed by atoms with E-state index in [1.165, 1.54) is 9.47 Å². The molecule has 2 fully saturated rings. The van der Waals surface area contributed by atoms with Crippen LogP contribution < -0.4 is 16.1 Å². The van der Waals surface area contributed by atoms with Crippen molar-refractivity contribution in [2.75, 3.05) is 23.7 Å². The second-order valence-electron chi connectivity index (χ2n) is 8.22. The number of carboxylic acid groups (broad SMARTS) is 1.